The molecule has 0 aliphatic carbocycles. The molecule has 1 rings (SSSR count). The summed E-state index contributed by atoms with van der Waals surface area (Å²) in [5.74, 6) is 0. The molecule has 0 radical (unpaired) electrons. The summed E-state index contributed by atoms with van der Waals surface area (Å²) in [6.45, 7) is -0.526. The first-order valence-electron chi connectivity index (χ1n) is 3.86. The van der Waals surface area contributed by atoms with Crippen molar-refractivity contribution in [2.24, 2.45) is 0 Å². The molecule has 1 fully saturated rings. The van der Waals surface area contributed by atoms with E-state index in [0.717, 1.165) is 6.26 Å². The summed E-state index contributed by atoms with van der Waals surface area (Å²) in [5, 5.41) is 27.1. The Morgan fingerprint density at radius 3 is 2.29 bits per heavy atom. The van der Waals surface area contributed by atoms with Gasteiger partial charge >= 0.3 is 0 Å². The van der Waals surface area contributed by atoms with Gasteiger partial charge in [0.15, 0.2) is 0 Å². The maximum absolute atomic E-state index is 10.7. The first-order valence-corrected chi connectivity index (χ1v) is 5.67. The standard InChI is InChI=1S/C6H12O7S/c1-14(10,11)13-6-5(9)4(8)3(2-7)12-6/h3-9H,2H2,1H3. The summed E-state index contributed by atoms with van der Waals surface area (Å²) in [7, 11) is -3.77. The minimum Gasteiger partial charge on any atom is -0.394 e. The van der Waals surface area contributed by atoms with E-state index in [2.05, 4.69) is 4.18 Å². The predicted octanol–water partition coefficient (Wildman–Crippen LogP) is -2.60. The Kier molecular flexibility index (Phi) is 3.45. The van der Waals surface area contributed by atoms with Gasteiger partial charge in [0.05, 0.1) is 12.9 Å². The Bertz CT molecular complexity index is 287. The van der Waals surface area contributed by atoms with E-state index in [-0.39, 0.29) is 0 Å². The molecule has 84 valence electrons. The smallest absolute Gasteiger partial charge is 0.266 e. The van der Waals surface area contributed by atoms with Crippen LogP contribution in [-0.4, -0.2) is 61.2 Å². The Hall–Kier alpha value is -0.250. The van der Waals surface area contributed by atoms with Crippen molar-refractivity contribution in [1.29, 1.82) is 0 Å². The van der Waals surface area contributed by atoms with Crippen LogP contribution in [0.1, 0.15) is 0 Å². The molecule has 4 atom stereocenters. The van der Waals surface area contributed by atoms with Crippen LogP contribution in [0.15, 0.2) is 0 Å². The first kappa shape index (κ1) is 11.8. The van der Waals surface area contributed by atoms with Crippen LogP contribution in [0.25, 0.3) is 0 Å². The number of aliphatic hydroxyl groups is 3. The molecule has 0 aromatic carbocycles. The molecule has 0 spiro atoms. The normalized spacial score (nSPS) is 38.9. The zero-order valence-corrected chi connectivity index (χ0v) is 8.22. The predicted molar refractivity (Wildman–Crippen MR) is 43.7 cm³/mol. The quantitative estimate of drug-likeness (QED) is 0.454. The monoisotopic (exact) mass is 228 g/mol. The summed E-state index contributed by atoms with van der Waals surface area (Å²) >= 11 is 0. The molecule has 1 heterocycles. The van der Waals surface area contributed by atoms with Crippen LogP contribution < -0.4 is 0 Å². The van der Waals surface area contributed by atoms with Gasteiger partial charge in [-0.3, -0.25) is 0 Å². The number of ether oxygens (including phenoxy) is 1. The minimum absolute atomic E-state index is 0.526. The molecule has 0 amide bonds. The van der Waals surface area contributed by atoms with E-state index >= 15 is 0 Å². The first-order chi connectivity index (χ1) is 6.35. The van der Waals surface area contributed by atoms with Crippen molar-refractivity contribution < 1.29 is 32.7 Å². The summed E-state index contributed by atoms with van der Waals surface area (Å²) in [4.78, 5) is 0. The lowest BCUT2D eigenvalue weighted by Gasteiger charge is -2.12. The molecular formula is C6H12O7S. The van der Waals surface area contributed by atoms with Crippen LogP contribution in [0, 0.1) is 0 Å². The Balaban J connectivity index is 2.66. The van der Waals surface area contributed by atoms with Gasteiger partial charge in [-0.2, -0.15) is 8.42 Å². The van der Waals surface area contributed by atoms with Crippen LogP contribution in [-0.2, 0) is 19.0 Å². The lowest BCUT2D eigenvalue weighted by molar-refractivity contribution is -0.113. The largest absolute Gasteiger partial charge is 0.394 e. The highest BCUT2D eigenvalue weighted by Gasteiger charge is 2.44. The highest BCUT2D eigenvalue weighted by Crippen LogP contribution is 2.22. The third-order valence-electron chi connectivity index (χ3n) is 1.77. The molecule has 4 unspecified atom stereocenters. The van der Waals surface area contributed by atoms with Crippen LogP contribution in [0.5, 0.6) is 0 Å². The van der Waals surface area contributed by atoms with Crippen molar-refractivity contribution in [1.82, 2.24) is 0 Å². The van der Waals surface area contributed by atoms with Gasteiger partial charge in [-0.05, 0) is 0 Å². The Labute approximate surface area is 81.0 Å². The fourth-order valence-electron chi connectivity index (χ4n) is 1.12. The second kappa shape index (κ2) is 4.09. The molecule has 1 saturated heterocycles. The fourth-order valence-corrected chi connectivity index (χ4v) is 1.62. The summed E-state index contributed by atoms with van der Waals surface area (Å²) in [6.07, 6.45) is -4.54. The van der Waals surface area contributed by atoms with Gasteiger partial charge in [0, 0.05) is 0 Å². The highest BCUT2D eigenvalue weighted by molar-refractivity contribution is 7.86. The topological polar surface area (TPSA) is 113 Å². The molecule has 0 aromatic rings. The third kappa shape index (κ3) is 2.62. The van der Waals surface area contributed by atoms with Gasteiger partial charge in [-0.15, -0.1) is 0 Å². The van der Waals surface area contributed by atoms with E-state index < -0.39 is 41.3 Å². The SMILES string of the molecule is CS(=O)(=O)OC1OC(CO)C(O)C1O. The van der Waals surface area contributed by atoms with Gasteiger partial charge in [0.2, 0.25) is 6.29 Å². The van der Waals surface area contributed by atoms with E-state index in [4.69, 9.17) is 9.84 Å². The molecule has 7 nitrogen and oxygen atoms in total. The molecule has 1 aliphatic heterocycles. The molecular weight excluding hydrogens is 216 g/mol. The van der Waals surface area contributed by atoms with E-state index in [1.165, 1.54) is 0 Å². The number of hydrogen-bond donors (Lipinski definition) is 3. The van der Waals surface area contributed by atoms with E-state index in [1.54, 1.807) is 0 Å². The van der Waals surface area contributed by atoms with E-state index in [9.17, 15) is 18.6 Å². The lowest BCUT2D eigenvalue weighted by atomic mass is 10.1. The Morgan fingerprint density at radius 2 is 1.93 bits per heavy atom. The molecule has 0 saturated carbocycles. The molecule has 0 aromatic heterocycles. The number of rotatable bonds is 3. The lowest BCUT2D eigenvalue weighted by Crippen LogP contribution is -2.35. The van der Waals surface area contributed by atoms with Crippen molar-refractivity contribution in [2.45, 2.75) is 24.6 Å². The summed E-state index contributed by atoms with van der Waals surface area (Å²) in [5.41, 5.74) is 0. The fraction of sp³-hybridized carbons (Fsp3) is 1.00. The summed E-state index contributed by atoms with van der Waals surface area (Å²) < 4.78 is 30.5. The maximum Gasteiger partial charge on any atom is 0.266 e. The molecule has 0 bridgehead atoms. The average Bonchev–Trinajstić information content (AvgIpc) is 2.30. The van der Waals surface area contributed by atoms with Crippen molar-refractivity contribution in [3.63, 3.8) is 0 Å². The van der Waals surface area contributed by atoms with Gasteiger partial charge in [0.25, 0.3) is 10.1 Å². The molecule has 1 aliphatic rings. The van der Waals surface area contributed by atoms with E-state index in [1.807, 2.05) is 0 Å². The summed E-state index contributed by atoms with van der Waals surface area (Å²) in [6, 6.07) is 0. The second-order valence-electron chi connectivity index (χ2n) is 3.01. The van der Waals surface area contributed by atoms with Gasteiger partial charge < -0.3 is 20.1 Å². The van der Waals surface area contributed by atoms with Gasteiger partial charge in [-0.1, -0.05) is 0 Å². The number of hydrogen-bond acceptors (Lipinski definition) is 7. The molecule has 3 N–H and O–H groups in total. The van der Waals surface area contributed by atoms with Gasteiger partial charge in [0.1, 0.15) is 18.3 Å². The van der Waals surface area contributed by atoms with Crippen molar-refractivity contribution in [3.8, 4) is 0 Å². The van der Waals surface area contributed by atoms with Crippen LogP contribution in [0.2, 0.25) is 0 Å². The Morgan fingerprint density at radius 1 is 1.36 bits per heavy atom. The average molecular weight is 228 g/mol. The number of aliphatic hydroxyl groups excluding tert-OH is 3. The second-order valence-corrected chi connectivity index (χ2v) is 4.61. The zero-order chi connectivity index (χ0) is 10.9. The maximum atomic E-state index is 10.7. The van der Waals surface area contributed by atoms with Crippen molar-refractivity contribution >= 4 is 10.1 Å². The van der Waals surface area contributed by atoms with Gasteiger partial charge in [-0.25, -0.2) is 4.18 Å². The van der Waals surface area contributed by atoms with Crippen LogP contribution in [0.3, 0.4) is 0 Å². The minimum atomic E-state index is -3.77. The van der Waals surface area contributed by atoms with Crippen LogP contribution in [0.4, 0.5) is 0 Å². The molecule has 14 heavy (non-hydrogen) atoms. The molecule has 8 heteroatoms. The highest BCUT2D eigenvalue weighted by atomic mass is 32.2. The zero-order valence-electron chi connectivity index (χ0n) is 7.40. The van der Waals surface area contributed by atoms with Crippen LogP contribution >= 0.6 is 0 Å². The van der Waals surface area contributed by atoms with Crippen molar-refractivity contribution in [2.75, 3.05) is 12.9 Å². The van der Waals surface area contributed by atoms with E-state index in [0.29, 0.717) is 0 Å². The third-order valence-corrected chi connectivity index (χ3v) is 2.31. The van der Waals surface area contributed by atoms with Crippen molar-refractivity contribution in [3.05, 3.63) is 0 Å².